The van der Waals surface area contributed by atoms with E-state index >= 15 is 0 Å². The highest BCUT2D eigenvalue weighted by molar-refractivity contribution is 5.27. The molecule has 0 aliphatic carbocycles. The van der Waals surface area contributed by atoms with Crippen molar-refractivity contribution in [2.24, 2.45) is 0 Å². The first-order valence-electron chi connectivity index (χ1n) is 9.27. The van der Waals surface area contributed by atoms with Crippen molar-refractivity contribution in [2.75, 3.05) is 19.8 Å². The third kappa shape index (κ3) is 4.64. The Morgan fingerprint density at radius 1 is 1.08 bits per heavy atom. The van der Waals surface area contributed by atoms with Crippen LogP contribution in [0.4, 0.5) is 0 Å². The minimum Gasteiger partial charge on any atom is -0.491 e. The average Bonchev–Trinajstić information content (AvgIpc) is 3.07. The Balaban J connectivity index is 1.64. The smallest absolute Gasteiger partial charge is 0.137 e. The van der Waals surface area contributed by atoms with Crippen LogP contribution in [0.5, 0.6) is 5.75 Å². The zero-order valence-electron chi connectivity index (χ0n) is 15.9. The summed E-state index contributed by atoms with van der Waals surface area (Å²) < 4.78 is 12.3. The van der Waals surface area contributed by atoms with E-state index in [9.17, 15) is 0 Å². The highest BCUT2D eigenvalue weighted by Crippen LogP contribution is 2.36. The SMILES string of the molecule is CC(C)(C)N1CC(COc2ccc(CCO)cc2)O[C@H]1c1ccccc1. The molecule has 0 aromatic heterocycles. The maximum atomic E-state index is 8.99. The molecule has 0 saturated carbocycles. The molecule has 26 heavy (non-hydrogen) atoms. The molecule has 4 nitrogen and oxygen atoms in total. The topological polar surface area (TPSA) is 41.9 Å². The van der Waals surface area contributed by atoms with Gasteiger partial charge >= 0.3 is 0 Å². The van der Waals surface area contributed by atoms with E-state index < -0.39 is 0 Å². The Morgan fingerprint density at radius 2 is 1.77 bits per heavy atom. The van der Waals surface area contributed by atoms with E-state index in [0.29, 0.717) is 13.0 Å². The van der Waals surface area contributed by atoms with Gasteiger partial charge in [0.1, 0.15) is 24.7 Å². The van der Waals surface area contributed by atoms with Crippen LogP contribution in [0.25, 0.3) is 0 Å². The molecule has 140 valence electrons. The van der Waals surface area contributed by atoms with Gasteiger partial charge in [-0.25, -0.2) is 0 Å². The first kappa shape index (κ1) is 18.9. The normalized spacial score (nSPS) is 21.1. The lowest BCUT2D eigenvalue weighted by molar-refractivity contribution is -0.0398. The number of rotatable bonds is 6. The molecule has 3 rings (SSSR count). The molecule has 1 N–H and O–H groups in total. The second-order valence-corrected chi connectivity index (χ2v) is 7.77. The first-order valence-corrected chi connectivity index (χ1v) is 9.27. The van der Waals surface area contributed by atoms with Crippen molar-refractivity contribution in [1.82, 2.24) is 4.90 Å². The summed E-state index contributed by atoms with van der Waals surface area (Å²) in [4.78, 5) is 2.39. The quantitative estimate of drug-likeness (QED) is 0.856. The number of aliphatic hydroxyl groups is 1. The minimum atomic E-state index is -0.0447. The van der Waals surface area contributed by atoms with E-state index in [4.69, 9.17) is 14.6 Å². The van der Waals surface area contributed by atoms with Crippen molar-refractivity contribution in [1.29, 1.82) is 0 Å². The van der Waals surface area contributed by atoms with E-state index in [2.05, 4.69) is 49.9 Å². The van der Waals surface area contributed by atoms with Crippen LogP contribution in [-0.2, 0) is 11.2 Å². The van der Waals surface area contributed by atoms with Crippen LogP contribution in [0, 0.1) is 0 Å². The molecular weight excluding hydrogens is 326 g/mol. The van der Waals surface area contributed by atoms with Crippen LogP contribution in [0.1, 0.15) is 38.1 Å². The average molecular weight is 355 g/mol. The zero-order valence-corrected chi connectivity index (χ0v) is 15.9. The maximum Gasteiger partial charge on any atom is 0.137 e. The molecule has 1 unspecified atom stereocenters. The predicted octanol–water partition coefficient (Wildman–Crippen LogP) is 3.80. The van der Waals surface area contributed by atoms with Gasteiger partial charge in [-0.05, 0) is 50.5 Å². The van der Waals surface area contributed by atoms with E-state index in [0.717, 1.165) is 17.9 Å². The fourth-order valence-corrected chi connectivity index (χ4v) is 3.28. The van der Waals surface area contributed by atoms with Crippen molar-refractivity contribution in [3.05, 3.63) is 65.7 Å². The lowest BCUT2D eigenvalue weighted by Crippen LogP contribution is -2.42. The number of hydrogen-bond donors (Lipinski definition) is 1. The van der Waals surface area contributed by atoms with E-state index in [1.807, 2.05) is 30.3 Å². The van der Waals surface area contributed by atoms with E-state index in [1.165, 1.54) is 5.56 Å². The molecule has 2 atom stereocenters. The molecule has 0 amide bonds. The van der Waals surface area contributed by atoms with Crippen LogP contribution >= 0.6 is 0 Å². The lowest BCUT2D eigenvalue weighted by Gasteiger charge is -2.35. The summed E-state index contributed by atoms with van der Waals surface area (Å²) in [6, 6.07) is 18.3. The summed E-state index contributed by atoms with van der Waals surface area (Å²) in [5, 5.41) is 8.99. The van der Waals surface area contributed by atoms with Gasteiger partial charge in [0.2, 0.25) is 0 Å². The van der Waals surface area contributed by atoms with Crippen LogP contribution in [-0.4, -0.2) is 41.4 Å². The van der Waals surface area contributed by atoms with Crippen molar-refractivity contribution in [3.8, 4) is 5.75 Å². The highest BCUT2D eigenvalue weighted by Gasteiger charge is 2.40. The molecule has 0 spiro atoms. The standard InChI is InChI=1S/C22H29NO3/c1-22(2,3)23-15-20(26-21(23)18-7-5-4-6-8-18)16-25-19-11-9-17(10-12-19)13-14-24/h4-12,20-21,24H,13-16H2,1-3H3/t20?,21-/m0/s1. The van der Waals surface area contributed by atoms with E-state index in [1.54, 1.807) is 0 Å². The molecule has 1 aliphatic heterocycles. The molecule has 0 bridgehead atoms. The first-order chi connectivity index (χ1) is 12.5. The highest BCUT2D eigenvalue weighted by atomic mass is 16.6. The van der Waals surface area contributed by atoms with Gasteiger partial charge in [-0.3, -0.25) is 4.90 Å². The molecule has 1 heterocycles. The van der Waals surface area contributed by atoms with Crippen LogP contribution in [0.3, 0.4) is 0 Å². The molecular formula is C22H29NO3. The Bertz CT molecular complexity index is 679. The zero-order chi connectivity index (χ0) is 18.6. The molecule has 4 heteroatoms. The Morgan fingerprint density at radius 3 is 2.38 bits per heavy atom. The second kappa shape index (κ2) is 8.21. The monoisotopic (exact) mass is 355 g/mol. The van der Waals surface area contributed by atoms with Gasteiger partial charge in [0.05, 0.1) is 0 Å². The second-order valence-electron chi connectivity index (χ2n) is 7.77. The fourth-order valence-electron chi connectivity index (χ4n) is 3.28. The van der Waals surface area contributed by atoms with Gasteiger partial charge < -0.3 is 14.6 Å². The summed E-state index contributed by atoms with van der Waals surface area (Å²) in [7, 11) is 0. The summed E-state index contributed by atoms with van der Waals surface area (Å²) in [6.45, 7) is 8.18. The number of hydrogen-bond acceptors (Lipinski definition) is 4. The third-order valence-corrected chi connectivity index (χ3v) is 4.71. The summed E-state index contributed by atoms with van der Waals surface area (Å²) >= 11 is 0. The molecule has 2 aromatic rings. The van der Waals surface area contributed by atoms with Crippen LogP contribution in [0.2, 0.25) is 0 Å². The van der Waals surface area contributed by atoms with Crippen molar-refractivity contribution in [2.45, 2.75) is 45.1 Å². The fraction of sp³-hybridized carbons (Fsp3) is 0.455. The Hall–Kier alpha value is -1.88. The van der Waals surface area contributed by atoms with Gasteiger partial charge in [-0.1, -0.05) is 42.5 Å². The summed E-state index contributed by atoms with van der Waals surface area (Å²) in [6.07, 6.45) is 0.652. The third-order valence-electron chi connectivity index (χ3n) is 4.71. The molecule has 1 saturated heterocycles. The van der Waals surface area contributed by atoms with Crippen molar-refractivity contribution < 1.29 is 14.6 Å². The van der Waals surface area contributed by atoms with Gasteiger partial charge in [-0.15, -0.1) is 0 Å². The minimum absolute atomic E-state index is 0.0151. The molecule has 2 aromatic carbocycles. The largest absolute Gasteiger partial charge is 0.491 e. The van der Waals surface area contributed by atoms with Crippen molar-refractivity contribution in [3.63, 3.8) is 0 Å². The van der Waals surface area contributed by atoms with E-state index in [-0.39, 0.29) is 24.5 Å². The number of nitrogens with zero attached hydrogens (tertiary/aromatic N) is 1. The molecule has 1 aliphatic rings. The van der Waals surface area contributed by atoms with Crippen LogP contribution in [0.15, 0.2) is 54.6 Å². The molecule has 1 fully saturated rings. The van der Waals surface area contributed by atoms with Gasteiger partial charge in [0, 0.05) is 18.7 Å². The van der Waals surface area contributed by atoms with Gasteiger partial charge in [-0.2, -0.15) is 0 Å². The number of benzene rings is 2. The predicted molar refractivity (Wildman–Crippen MR) is 103 cm³/mol. The summed E-state index contributed by atoms with van der Waals surface area (Å²) in [5.41, 5.74) is 2.31. The molecule has 0 radical (unpaired) electrons. The van der Waals surface area contributed by atoms with Crippen molar-refractivity contribution >= 4 is 0 Å². The van der Waals surface area contributed by atoms with Gasteiger partial charge in [0.15, 0.2) is 0 Å². The summed E-state index contributed by atoms with van der Waals surface area (Å²) in [5.74, 6) is 0.834. The maximum absolute atomic E-state index is 8.99. The van der Waals surface area contributed by atoms with Gasteiger partial charge in [0.25, 0.3) is 0 Å². The Kier molecular flexibility index (Phi) is 5.97. The van der Waals surface area contributed by atoms with Crippen LogP contribution < -0.4 is 4.74 Å². The Labute approximate surface area is 156 Å². The lowest BCUT2D eigenvalue weighted by atomic mass is 10.0. The number of ether oxygens (including phenoxy) is 2. The number of aliphatic hydroxyl groups excluding tert-OH is 1.